The first-order chi connectivity index (χ1) is 13.7. The average Bonchev–Trinajstić information content (AvgIpc) is 3.17. The molecule has 5 nitrogen and oxygen atoms in total. The van der Waals surface area contributed by atoms with Crippen molar-refractivity contribution in [1.82, 2.24) is 4.98 Å². The summed E-state index contributed by atoms with van der Waals surface area (Å²) in [6, 6.07) is 21.4. The predicted octanol–water partition coefficient (Wildman–Crippen LogP) is 4.16. The van der Waals surface area contributed by atoms with Gasteiger partial charge in [-0.05, 0) is 49.2 Å². The van der Waals surface area contributed by atoms with E-state index in [9.17, 15) is 4.79 Å². The molecular weight excluding hydrogens is 350 g/mol. The van der Waals surface area contributed by atoms with E-state index in [1.807, 2.05) is 72.5 Å². The number of nitrogens with zero attached hydrogens (tertiary/aromatic N) is 2. The highest BCUT2D eigenvalue weighted by Gasteiger charge is 2.25. The Hall–Kier alpha value is -3.34. The molecule has 5 heteroatoms. The molecule has 0 spiro atoms. The lowest BCUT2D eigenvalue weighted by atomic mass is 10.2. The number of nitrogens with one attached hydrogen (secondary N) is 1. The zero-order valence-electron chi connectivity index (χ0n) is 15.8. The Morgan fingerprint density at radius 1 is 1.11 bits per heavy atom. The maximum absolute atomic E-state index is 12.8. The van der Waals surface area contributed by atoms with Crippen LogP contribution in [-0.4, -0.2) is 30.1 Å². The first-order valence-corrected chi connectivity index (χ1v) is 9.52. The molecule has 28 heavy (non-hydrogen) atoms. The zero-order valence-corrected chi connectivity index (χ0v) is 15.8. The van der Waals surface area contributed by atoms with E-state index in [2.05, 4.69) is 16.4 Å². The van der Waals surface area contributed by atoms with Crippen LogP contribution in [0.15, 0.2) is 72.9 Å². The number of carbonyl (C=O) groups is 1. The van der Waals surface area contributed by atoms with Gasteiger partial charge >= 0.3 is 0 Å². The summed E-state index contributed by atoms with van der Waals surface area (Å²) in [4.78, 5) is 19.1. The highest BCUT2D eigenvalue weighted by atomic mass is 16.5. The second-order valence-electron chi connectivity index (χ2n) is 6.89. The van der Waals surface area contributed by atoms with Gasteiger partial charge in [-0.15, -0.1) is 0 Å². The number of amides is 1. The third-order valence-electron chi connectivity index (χ3n) is 4.79. The molecule has 0 fully saturated rings. The molecule has 1 unspecified atom stereocenters. The molecule has 3 aromatic rings. The van der Waals surface area contributed by atoms with E-state index < -0.39 is 0 Å². The summed E-state index contributed by atoms with van der Waals surface area (Å²) >= 11 is 0. The monoisotopic (exact) mass is 373 g/mol. The van der Waals surface area contributed by atoms with Crippen LogP contribution in [0.2, 0.25) is 0 Å². The Morgan fingerprint density at radius 3 is 2.68 bits per heavy atom. The van der Waals surface area contributed by atoms with Crippen LogP contribution in [0.1, 0.15) is 22.8 Å². The highest BCUT2D eigenvalue weighted by molar-refractivity contribution is 6.07. The molecule has 1 aromatic heterocycles. The molecule has 2 aromatic carbocycles. The quantitative estimate of drug-likeness (QED) is 0.705. The van der Waals surface area contributed by atoms with Crippen molar-refractivity contribution in [3.8, 4) is 5.75 Å². The largest absolute Gasteiger partial charge is 0.489 e. The standard InChI is InChI=1S/C23H23N3O2/c1-17(28-20-8-3-2-4-9-20)15-24-22-12-11-19(16-25-22)23(27)26-14-13-18-7-5-6-10-21(18)26/h2-12,16-17H,13-15H2,1H3,(H,24,25). The second-order valence-corrected chi connectivity index (χ2v) is 6.89. The van der Waals surface area contributed by atoms with Crippen LogP contribution >= 0.6 is 0 Å². The number of fused-ring (bicyclic) bond motifs is 1. The van der Waals surface area contributed by atoms with Gasteiger partial charge in [-0.1, -0.05) is 36.4 Å². The SMILES string of the molecule is CC(CNc1ccc(C(=O)N2CCc3ccccc32)cn1)Oc1ccccc1. The molecule has 0 aliphatic carbocycles. The normalized spacial score (nSPS) is 13.7. The van der Waals surface area contributed by atoms with E-state index in [1.54, 1.807) is 6.20 Å². The van der Waals surface area contributed by atoms with Crippen molar-refractivity contribution in [2.24, 2.45) is 0 Å². The van der Waals surface area contributed by atoms with Gasteiger partial charge in [-0.25, -0.2) is 4.98 Å². The lowest BCUT2D eigenvalue weighted by Gasteiger charge is -2.18. The molecule has 0 radical (unpaired) electrons. The first kappa shape index (κ1) is 18.0. The minimum atomic E-state index is -0.00946. The average molecular weight is 373 g/mol. The minimum Gasteiger partial charge on any atom is -0.489 e. The number of hydrogen-bond acceptors (Lipinski definition) is 4. The first-order valence-electron chi connectivity index (χ1n) is 9.52. The van der Waals surface area contributed by atoms with Crippen LogP contribution in [0.4, 0.5) is 11.5 Å². The maximum atomic E-state index is 12.8. The molecule has 1 amide bonds. The third-order valence-corrected chi connectivity index (χ3v) is 4.79. The minimum absolute atomic E-state index is 0.00777. The van der Waals surface area contributed by atoms with E-state index in [0.717, 1.165) is 23.7 Å². The van der Waals surface area contributed by atoms with Crippen molar-refractivity contribution in [3.05, 3.63) is 84.1 Å². The topological polar surface area (TPSA) is 54.5 Å². The number of benzene rings is 2. The van der Waals surface area contributed by atoms with Crippen molar-refractivity contribution in [2.45, 2.75) is 19.4 Å². The van der Waals surface area contributed by atoms with E-state index in [4.69, 9.17) is 4.74 Å². The molecule has 0 bridgehead atoms. The number of pyridine rings is 1. The van der Waals surface area contributed by atoms with Crippen molar-refractivity contribution in [2.75, 3.05) is 23.3 Å². The van der Waals surface area contributed by atoms with Gasteiger partial charge in [0.1, 0.15) is 17.7 Å². The van der Waals surface area contributed by atoms with Gasteiger partial charge in [0.25, 0.3) is 5.91 Å². The lowest BCUT2D eigenvalue weighted by Crippen LogP contribution is -2.29. The summed E-state index contributed by atoms with van der Waals surface area (Å²) in [6.07, 6.45) is 2.52. The number of rotatable bonds is 6. The molecular formula is C23H23N3O2. The molecule has 1 aliphatic rings. The third kappa shape index (κ3) is 3.98. The van der Waals surface area contributed by atoms with Crippen LogP contribution in [0.25, 0.3) is 0 Å². The fourth-order valence-corrected chi connectivity index (χ4v) is 3.35. The van der Waals surface area contributed by atoms with Crippen LogP contribution in [0.5, 0.6) is 5.75 Å². The van der Waals surface area contributed by atoms with E-state index >= 15 is 0 Å². The fraction of sp³-hybridized carbons (Fsp3) is 0.217. The van der Waals surface area contributed by atoms with E-state index in [-0.39, 0.29) is 12.0 Å². The van der Waals surface area contributed by atoms with Crippen LogP contribution in [-0.2, 0) is 6.42 Å². The van der Waals surface area contributed by atoms with Gasteiger partial charge in [0.05, 0.1) is 12.1 Å². The number of para-hydroxylation sites is 2. The molecule has 0 saturated heterocycles. The van der Waals surface area contributed by atoms with Crippen molar-refractivity contribution in [3.63, 3.8) is 0 Å². The van der Waals surface area contributed by atoms with Crippen LogP contribution < -0.4 is 15.0 Å². The number of ether oxygens (including phenoxy) is 1. The highest BCUT2D eigenvalue weighted by Crippen LogP contribution is 2.28. The Balaban J connectivity index is 1.34. The van der Waals surface area contributed by atoms with Crippen LogP contribution in [0, 0.1) is 0 Å². The fourth-order valence-electron chi connectivity index (χ4n) is 3.35. The van der Waals surface area contributed by atoms with Crippen molar-refractivity contribution in [1.29, 1.82) is 0 Å². The Labute approximate surface area is 165 Å². The molecule has 142 valence electrons. The molecule has 1 atom stereocenters. The Kier molecular flexibility index (Phi) is 5.24. The van der Waals surface area contributed by atoms with Crippen LogP contribution in [0.3, 0.4) is 0 Å². The second kappa shape index (κ2) is 8.13. The summed E-state index contributed by atoms with van der Waals surface area (Å²) in [5.74, 6) is 1.56. The van der Waals surface area contributed by atoms with Crippen molar-refractivity contribution < 1.29 is 9.53 Å². The summed E-state index contributed by atoms with van der Waals surface area (Å²) in [7, 11) is 0. The number of anilines is 2. The smallest absolute Gasteiger partial charge is 0.259 e. The van der Waals surface area contributed by atoms with Gasteiger partial charge in [0, 0.05) is 18.4 Å². The molecule has 4 rings (SSSR count). The molecule has 1 N–H and O–H groups in total. The summed E-state index contributed by atoms with van der Waals surface area (Å²) in [5.41, 5.74) is 2.81. The van der Waals surface area contributed by atoms with Crippen molar-refractivity contribution >= 4 is 17.4 Å². The maximum Gasteiger partial charge on any atom is 0.259 e. The van der Waals surface area contributed by atoms with Gasteiger partial charge in [-0.2, -0.15) is 0 Å². The van der Waals surface area contributed by atoms with Gasteiger partial charge in [0.2, 0.25) is 0 Å². The Morgan fingerprint density at radius 2 is 1.89 bits per heavy atom. The number of carbonyl (C=O) groups excluding carboxylic acids is 1. The Bertz CT molecular complexity index is 942. The molecule has 1 aliphatic heterocycles. The zero-order chi connectivity index (χ0) is 19.3. The van der Waals surface area contributed by atoms with E-state index in [0.29, 0.717) is 18.7 Å². The van der Waals surface area contributed by atoms with Gasteiger partial charge in [0.15, 0.2) is 0 Å². The number of hydrogen-bond donors (Lipinski definition) is 1. The molecule has 0 saturated carbocycles. The molecule has 2 heterocycles. The van der Waals surface area contributed by atoms with Gasteiger partial charge < -0.3 is 15.0 Å². The number of aromatic nitrogens is 1. The predicted molar refractivity (Wildman–Crippen MR) is 111 cm³/mol. The lowest BCUT2D eigenvalue weighted by molar-refractivity contribution is 0.0989. The summed E-state index contributed by atoms with van der Waals surface area (Å²) in [5, 5.41) is 3.25. The van der Waals surface area contributed by atoms with Gasteiger partial charge in [-0.3, -0.25) is 4.79 Å². The summed E-state index contributed by atoms with van der Waals surface area (Å²) in [6.45, 7) is 3.34. The van der Waals surface area contributed by atoms with E-state index in [1.165, 1.54) is 5.56 Å². The summed E-state index contributed by atoms with van der Waals surface area (Å²) < 4.78 is 5.85.